The van der Waals surface area contributed by atoms with Crippen molar-refractivity contribution in [3.63, 3.8) is 0 Å². The summed E-state index contributed by atoms with van der Waals surface area (Å²) < 4.78 is 6.05. The van der Waals surface area contributed by atoms with Crippen molar-refractivity contribution >= 4 is 74.6 Å². The van der Waals surface area contributed by atoms with E-state index in [1.165, 1.54) is 16.7 Å². The van der Waals surface area contributed by atoms with E-state index in [0.717, 1.165) is 27.7 Å². The standard InChI is InChI=1S/C33H24ClN3O5S2/c1-17-6-11-22(12-7-17)37-31(39)27-26(28-30(36-33(41)44-28)43-29(27)32(37)40)23-15-20(34)9-13-24(23)42-16-25(38)35-21-10-8-18-4-2-3-5-19(18)14-21/h2-15,26-27,29H,16H2,1H3,(H,35,38)(H,36,41). The van der Waals surface area contributed by atoms with Crippen molar-refractivity contribution in [2.45, 2.75) is 23.1 Å². The van der Waals surface area contributed by atoms with Crippen molar-refractivity contribution in [2.24, 2.45) is 5.92 Å². The predicted octanol–water partition coefficient (Wildman–Crippen LogP) is 6.36. The quantitative estimate of drug-likeness (QED) is 0.209. The van der Waals surface area contributed by atoms with Crippen LogP contribution in [0.5, 0.6) is 5.75 Å². The summed E-state index contributed by atoms with van der Waals surface area (Å²) >= 11 is 8.65. The van der Waals surface area contributed by atoms with Gasteiger partial charge in [-0.3, -0.25) is 19.2 Å². The normalized spacial score (nSPS) is 19.1. The van der Waals surface area contributed by atoms with Crippen LogP contribution in [0.2, 0.25) is 5.02 Å². The van der Waals surface area contributed by atoms with Gasteiger partial charge in [0.15, 0.2) is 6.61 Å². The number of hydrogen-bond donors (Lipinski definition) is 2. The molecule has 3 amide bonds. The summed E-state index contributed by atoms with van der Waals surface area (Å²) in [6.45, 7) is 1.62. The minimum atomic E-state index is -0.819. The number of aromatic nitrogens is 1. The molecule has 1 saturated heterocycles. The van der Waals surface area contributed by atoms with Crippen molar-refractivity contribution in [2.75, 3.05) is 16.8 Å². The van der Waals surface area contributed by atoms with Crippen molar-refractivity contribution in [1.29, 1.82) is 0 Å². The van der Waals surface area contributed by atoms with E-state index in [1.54, 1.807) is 30.3 Å². The van der Waals surface area contributed by atoms with Crippen LogP contribution in [0.1, 0.15) is 21.9 Å². The first kappa shape index (κ1) is 28.4. The Hall–Kier alpha value is -4.38. The number of aromatic amines is 1. The fourth-order valence-electron chi connectivity index (χ4n) is 5.80. The van der Waals surface area contributed by atoms with Gasteiger partial charge in [0.2, 0.25) is 11.8 Å². The first-order valence-electron chi connectivity index (χ1n) is 13.8. The van der Waals surface area contributed by atoms with E-state index in [0.29, 0.717) is 37.6 Å². The van der Waals surface area contributed by atoms with Gasteiger partial charge >= 0.3 is 4.87 Å². The van der Waals surface area contributed by atoms with E-state index in [2.05, 4.69) is 10.3 Å². The minimum Gasteiger partial charge on any atom is -0.483 e. The van der Waals surface area contributed by atoms with Crippen LogP contribution >= 0.6 is 34.7 Å². The molecule has 3 atom stereocenters. The number of nitrogens with zero attached hydrogens (tertiary/aromatic N) is 1. The van der Waals surface area contributed by atoms with Crippen LogP contribution in [0.15, 0.2) is 94.7 Å². The van der Waals surface area contributed by atoms with E-state index in [1.807, 2.05) is 61.5 Å². The second-order valence-electron chi connectivity index (χ2n) is 10.7. The molecule has 3 heterocycles. The van der Waals surface area contributed by atoms with Gasteiger partial charge in [0.1, 0.15) is 11.0 Å². The van der Waals surface area contributed by atoms with Gasteiger partial charge in [-0.25, -0.2) is 4.90 Å². The molecular weight excluding hydrogens is 618 g/mol. The summed E-state index contributed by atoms with van der Waals surface area (Å²) in [4.78, 5) is 57.7. The molecule has 0 radical (unpaired) electrons. The van der Waals surface area contributed by atoms with Crippen LogP contribution < -0.4 is 19.8 Å². The summed E-state index contributed by atoms with van der Waals surface area (Å²) in [6.07, 6.45) is 0. The summed E-state index contributed by atoms with van der Waals surface area (Å²) in [5.41, 5.74) is 2.65. The lowest BCUT2D eigenvalue weighted by Crippen LogP contribution is -2.32. The molecule has 0 bridgehead atoms. The molecule has 220 valence electrons. The lowest BCUT2D eigenvalue weighted by Gasteiger charge is -2.31. The number of imide groups is 1. The van der Waals surface area contributed by atoms with Crippen molar-refractivity contribution in [3.05, 3.63) is 116 Å². The maximum absolute atomic E-state index is 14.1. The number of thioether (sulfide) groups is 1. The zero-order valence-corrected chi connectivity index (χ0v) is 25.6. The Morgan fingerprint density at radius 3 is 2.52 bits per heavy atom. The first-order chi connectivity index (χ1) is 21.3. The maximum atomic E-state index is 14.1. The topological polar surface area (TPSA) is 109 Å². The number of hydrogen-bond acceptors (Lipinski definition) is 7. The molecular formula is C33H24ClN3O5S2. The van der Waals surface area contributed by atoms with Crippen molar-refractivity contribution < 1.29 is 19.1 Å². The third kappa shape index (κ3) is 5.08. The number of benzene rings is 4. The summed E-state index contributed by atoms with van der Waals surface area (Å²) in [5, 5.41) is 5.08. The van der Waals surface area contributed by atoms with Crippen LogP contribution in [-0.2, 0) is 14.4 Å². The lowest BCUT2D eigenvalue weighted by atomic mass is 9.82. The highest BCUT2D eigenvalue weighted by Gasteiger charge is 2.56. The van der Waals surface area contributed by atoms with Gasteiger partial charge in [-0.2, -0.15) is 0 Å². The van der Waals surface area contributed by atoms with E-state index in [-0.39, 0.29) is 29.2 Å². The molecule has 2 aliphatic rings. The molecule has 5 aromatic rings. The third-order valence-electron chi connectivity index (χ3n) is 7.81. The number of carbonyl (C=O) groups is 3. The molecule has 1 aromatic heterocycles. The van der Waals surface area contributed by atoms with Crippen molar-refractivity contribution in [3.8, 4) is 5.75 Å². The highest BCUT2D eigenvalue weighted by Crippen LogP contribution is 2.54. The van der Waals surface area contributed by atoms with Crippen LogP contribution in [-0.4, -0.2) is 34.6 Å². The predicted molar refractivity (Wildman–Crippen MR) is 173 cm³/mol. The van der Waals surface area contributed by atoms with Crippen LogP contribution in [0.25, 0.3) is 10.8 Å². The van der Waals surface area contributed by atoms with Gasteiger partial charge in [0.25, 0.3) is 5.91 Å². The number of nitrogens with one attached hydrogen (secondary N) is 2. The zero-order chi connectivity index (χ0) is 30.5. The molecule has 1 fully saturated rings. The maximum Gasteiger partial charge on any atom is 0.305 e. The highest BCUT2D eigenvalue weighted by atomic mass is 35.5. The Morgan fingerprint density at radius 1 is 0.955 bits per heavy atom. The van der Waals surface area contributed by atoms with Crippen molar-refractivity contribution in [1.82, 2.24) is 4.98 Å². The van der Waals surface area contributed by atoms with Gasteiger partial charge in [-0.1, -0.05) is 82.7 Å². The Morgan fingerprint density at radius 2 is 1.73 bits per heavy atom. The molecule has 11 heteroatoms. The number of rotatable bonds is 6. The number of H-pyrrole nitrogens is 1. The van der Waals surface area contributed by atoms with Crippen LogP contribution in [0.3, 0.4) is 0 Å². The Labute approximate surface area is 265 Å². The zero-order valence-electron chi connectivity index (χ0n) is 23.2. The third-order valence-corrected chi connectivity index (χ3v) is 10.5. The molecule has 8 nitrogen and oxygen atoms in total. The van der Waals surface area contributed by atoms with Gasteiger partial charge in [-0.05, 0) is 60.2 Å². The average Bonchev–Trinajstić information content (AvgIpc) is 3.51. The molecule has 0 saturated carbocycles. The number of carbonyl (C=O) groups excluding carboxylic acids is 3. The summed E-state index contributed by atoms with van der Waals surface area (Å²) in [7, 11) is 0. The molecule has 0 spiro atoms. The van der Waals surface area contributed by atoms with Gasteiger partial charge in [0.05, 0.1) is 16.6 Å². The van der Waals surface area contributed by atoms with E-state index in [9.17, 15) is 19.2 Å². The second kappa shape index (κ2) is 11.3. The molecule has 0 aliphatic carbocycles. The summed E-state index contributed by atoms with van der Waals surface area (Å²) in [5.74, 6) is -2.28. The Bertz CT molecular complexity index is 2020. The van der Waals surface area contributed by atoms with Crippen LogP contribution in [0.4, 0.5) is 11.4 Å². The van der Waals surface area contributed by atoms with E-state index >= 15 is 0 Å². The van der Waals surface area contributed by atoms with Gasteiger partial charge < -0.3 is 15.0 Å². The number of fused-ring (bicyclic) bond motifs is 3. The first-order valence-corrected chi connectivity index (χ1v) is 15.9. The number of thiazole rings is 1. The lowest BCUT2D eigenvalue weighted by molar-refractivity contribution is -0.122. The SMILES string of the molecule is Cc1ccc(N2C(=O)C3Sc4[nH]c(=O)sc4C(c4cc(Cl)ccc4OCC(=O)Nc4ccc5ccccc5c4)C3C2=O)cc1. The molecule has 7 rings (SSSR count). The fraction of sp³-hybridized carbons (Fsp3) is 0.152. The fourth-order valence-corrected chi connectivity index (χ4v) is 8.49. The monoisotopic (exact) mass is 641 g/mol. The summed E-state index contributed by atoms with van der Waals surface area (Å²) in [6, 6.07) is 25.7. The average molecular weight is 642 g/mol. The number of ether oxygens (including phenoxy) is 1. The largest absolute Gasteiger partial charge is 0.483 e. The van der Waals surface area contributed by atoms with E-state index < -0.39 is 17.1 Å². The number of aryl methyl sites for hydroxylation is 1. The van der Waals surface area contributed by atoms with Gasteiger partial charge in [0, 0.05) is 27.1 Å². The molecule has 2 N–H and O–H groups in total. The molecule has 44 heavy (non-hydrogen) atoms. The Balaban J connectivity index is 1.21. The minimum absolute atomic E-state index is 0.290. The second-order valence-corrected chi connectivity index (χ2v) is 13.3. The smallest absolute Gasteiger partial charge is 0.305 e. The number of amides is 3. The van der Waals surface area contributed by atoms with E-state index in [4.69, 9.17) is 16.3 Å². The van der Waals surface area contributed by atoms with Crippen LogP contribution in [0, 0.1) is 12.8 Å². The van der Waals surface area contributed by atoms with Gasteiger partial charge in [-0.15, -0.1) is 0 Å². The highest BCUT2D eigenvalue weighted by molar-refractivity contribution is 8.00. The molecule has 3 unspecified atom stereocenters. The molecule has 2 aliphatic heterocycles. The Kier molecular flexibility index (Phi) is 7.28. The molecule has 4 aromatic carbocycles. The number of halogens is 1. The number of anilines is 2.